The third kappa shape index (κ3) is 2.90. The van der Waals surface area contributed by atoms with Gasteiger partial charge in [0.2, 0.25) is 11.8 Å². The van der Waals surface area contributed by atoms with Gasteiger partial charge >= 0.3 is 5.97 Å². The summed E-state index contributed by atoms with van der Waals surface area (Å²) in [5.41, 5.74) is 0.899. The first-order chi connectivity index (χ1) is 11.8. The van der Waals surface area contributed by atoms with Crippen molar-refractivity contribution < 1.29 is 19.1 Å². The fourth-order valence-electron chi connectivity index (χ4n) is 3.41. The number of amides is 2. The number of ether oxygens (including phenoxy) is 1. The first kappa shape index (κ1) is 17.8. The molecule has 1 aromatic rings. The minimum atomic E-state index is -0.625. The predicted octanol–water partition coefficient (Wildman–Crippen LogP) is 1.51. The Balaban J connectivity index is 1.71. The SMILES string of the molecule is COC(=O)[C@@H]1N2C(=O)[C@@H](NC(=O)[C@H](C)c3ccccc3)C2SC1(C)C. The molecule has 7 heteroatoms. The lowest BCUT2D eigenvalue weighted by Crippen LogP contribution is -2.71. The van der Waals surface area contributed by atoms with Crippen LogP contribution < -0.4 is 5.32 Å². The first-order valence-corrected chi connectivity index (χ1v) is 9.09. The number of carbonyl (C=O) groups is 3. The van der Waals surface area contributed by atoms with Crippen molar-refractivity contribution in [2.45, 2.75) is 48.9 Å². The molecule has 3 rings (SSSR count). The molecule has 1 N–H and O–H groups in total. The Morgan fingerprint density at radius 1 is 1.28 bits per heavy atom. The van der Waals surface area contributed by atoms with Gasteiger partial charge in [-0.3, -0.25) is 9.59 Å². The van der Waals surface area contributed by atoms with Crippen molar-refractivity contribution in [3.05, 3.63) is 35.9 Å². The zero-order chi connectivity index (χ0) is 18.4. The Morgan fingerprint density at radius 3 is 2.52 bits per heavy atom. The summed E-state index contributed by atoms with van der Waals surface area (Å²) in [5, 5.41) is 2.61. The first-order valence-electron chi connectivity index (χ1n) is 8.21. The van der Waals surface area contributed by atoms with Crippen LogP contribution in [-0.2, 0) is 19.1 Å². The number of rotatable bonds is 4. The van der Waals surface area contributed by atoms with E-state index in [1.165, 1.54) is 23.8 Å². The van der Waals surface area contributed by atoms with E-state index in [-0.39, 0.29) is 23.1 Å². The highest BCUT2D eigenvalue weighted by molar-refractivity contribution is 8.01. The zero-order valence-electron chi connectivity index (χ0n) is 14.7. The second kappa shape index (κ2) is 6.37. The van der Waals surface area contributed by atoms with Crippen molar-refractivity contribution in [2.24, 2.45) is 0 Å². The van der Waals surface area contributed by atoms with Gasteiger partial charge in [-0.2, -0.15) is 0 Å². The molecule has 2 heterocycles. The van der Waals surface area contributed by atoms with E-state index < -0.39 is 22.8 Å². The van der Waals surface area contributed by atoms with Crippen molar-refractivity contribution in [3.8, 4) is 0 Å². The monoisotopic (exact) mass is 362 g/mol. The second-order valence-corrected chi connectivity index (χ2v) is 8.67. The van der Waals surface area contributed by atoms with E-state index >= 15 is 0 Å². The van der Waals surface area contributed by atoms with Gasteiger partial charge in [-0.1, -0.05) is 30.3 Å². The van der Waals surface area contributed by atoms with Gasteiger partial charge in [0.1, 0.15) is 17.5 Å². The van der Waals surface area contributed by atoms with Crippen LogP contribution >= 0.6 is 11.8 Å². The average molecular weight is 362 g/mol. The number of nitrogens with zero attached hydrogens (tertiary/aromatic N) is 1. The maximum atomic E-state index is 12.5. The van der Waals surface area contributed by atoms with Crippen molar-refractivity contribution >= 4 is 29.5 Å². The second-order valence-electron chi connectivity index (χ2n) is 6.90. The topological polar surface area (TPSA) is 75.7 Å². The lowest BCUT2D eigenvalue weighted by Gasteiger charge is -2.44. The van der Waals surface area contributed by atoms with Crippen molar-refractivity contribution in [1.82, 2.24) is 10.2 Å². The molecule has 2 fully saturated rings. The van der Waals surface area contributed by atoms with Gasteiger partial charge in [0, 0.05) is 4.75 Å². The highest BCUT2D eigenvalue weighted by Gasteiger charge is 2.64. The number of benzene rings is 1. The molecule has 0 saturated carbocycles. The van der Waals surface area contributed by atoms with Crippen molar-refractivity contribution in [2.75, 3.05) is 7.11 Å². The minimum Gasteiger partial charge on any atom is -0.467 e. The van der Waals surface area contributed by atoms with Gasteiger partial charge < -0.3 is 15.0 Å². The van der Waals surface area contributed by atoms with Crippen molar-refractivity contribution in [3.63, 3.8) is 0 Å². The molecule has 6 nitrogen and oxygen atoms in total. The maximum Gasteiger partial charge on any atom is 0.330 e. The van der Waals surface area contributed by atoms with Gasteiger partial charge in [-0.25, -0.2) is 4.79 Å². The normalized spacial score (nSPS) is 27.9. The molecule has 0 spiro atoms. The fourth-order valence-corrected chi connectivity index (χ4v) is 5.03. The summed E-state index contributed by atoms with van der Waals surface area (Å²) in [7, 11) is 1.32. The quantitative estimate of drug-likeness (QED) is 0.649. The predicted molar refractivity (Wildman–Crippen MR) is 94.9 cm³/mol. The molecule has 4 atom stereocenters. The molecule has 25 heavy (non-hydrogen) atoms. The highest BCUT2D eigenvalue weighted by Crippen LogP contribution is 2.51. The van der Waals surface area contributed by atoms with E-state index in [4.69, 9.17) is 4.74 Å². The molecule has 134 valence electrons. The highest BCUT2D eigenvalue weighted by atomic mass is 32.2. The third-order valence-electron chi connectivity index (χ3n) is 4.86. The Hall–Kier alpha value is -2.02. The minimum absolute atomic E-state index is 0.191. The molecule has 1 unspecified atom stereocenters. The molecule has 2 saturated heterocycles. The number of thioether (sulfide) groups is 1. The maximum absolute atomic E-state index is 12.5. The van der Waals surface area contributed by atoms with Crippen molar-refractivity contribution in [1.29, 1.82) is 0 Å². The van der Waals surface area contributed by atoms with E-state index in [0.29, 0.717) is 0 Å². The summed E-state index contributed by atoms with van der Waals surface area (Å²) in [4.78, 5) is 38.7. The van der Waals surface area contributed by atoms with Crippen LogP contribution in [0.2, 0.25) is 0 Å². The number of carbonyl (C=O) groups excluding carboxylic acids is 3. The molecular formula is C18H22N2O4S. The molecule has 2 amide bonds. The van der Waals surface area contributed by atoms with Crippen LogP contribution in [-0.4, -0.2) is 52.0 Å². The number of hydrogen-bond donors (Lipinski definition) is 1. The van der Waals surface area contributed by atoms with E-state index in [2.05, 4.69) is 5.32 Å². The Morgan fingerprint density at radius 2 is 1.92 bits per heavy atom. The van der Waals surface area contributed by atoms with Crippen LogP contribution in [0.25, 0.3) is 0 Å². The lowest BCUT2D eigenvalue weighted by atomic mass is 9.95. The van der Waals surface area contributed by atoms with Crippen LogP contribution in [0, 0.1) is 0 Å². The molecule has 0 bridgehead atoms. The summed E-state index contributed by atoms with van der Waals surface area (Å²) in [6, 6.07) is 8.21. The summed E-state index contributed by atoms with van der Waals surface area (Å²) < 4.78 is 4.39. The number of esters is 1. The van der Waals surface area contributed by atoms with Crippen LogP contribution in [0.1, 0.15) is 32.3 Å². The Bertz CT molecular complexity index is 706. The Kier molecular flexibility index (Phi) is 4.53. The molecule has 0 radical (unpaired) electrons. The van der Waals surface area contributed by atoms with Gasteiger partial charge in [0.15, 0.2) is 0 Å². The van der Waals surface area contributed by atoms with E-state index in [9.17, 15) is 14.4 Å². The van der Waals surface area contributed by atoms with Crippen LogP contribution in [0.4, 0.5) is 0 Å². The zero-order valence-corrected chi connectivity index (χ0v) is 15.5. The van der Waals surface area contributed by atoms with Crippen LogP contribution in [0.5, 0.6) is 0 Å². The van der Waals surface area contributed by atoms with Gasteiger partial charge in [-0.05, 0) is 26.3 Å². The number of methoxy groups -OCH3 is 1. The smallest absolute Gasteiger partial charge is 0.330 e. The molecule has 0 aliphatic carbocycles. The largest absolute Gasteiger partial charge is 0.467 e. The fraction of sp³-hybridized carbons (Fsp3) is 0.500. The van der Waals surface area contributed by atoms with E-state index in [1.54, 1.807) is 0 Å². The molecular weight excluding hydrogens is 340 g/mol. The average Bonchev–Trinajstić information content (AvgIpc) is 2.86. The third-order valence-corrected chi connectivity index (χ3v) is 6.43. The van der Waals surface area contributed by atoms with Crippen LogP contribution in [0.15, 0.2) is 30.3 Å². The standard InChI is InChI=1S/C18H22N2O4S/c1-10(11-8-6-5-7-9-11)14(21)19-12-15(22)20-13(17(23)24-4)18(2,3)25-16(12)20/h5-10,12-13,16H,1-4H3,(H,19,21)/t10-,12-,13+,16?/m1/s1. The molecule has 1 aromatic carbocycles. The van der Waals surface area contributed by atoms with Gasteiger partial charge in [-0.15, -0.1) is 11.8 Å². The summed E-state index contributed by atoms with van der Waals surface area (Å²) >= 11 is 1.52. The summed E-state index contributed by atoms with van der Waals surface area (Å²) in [6.07, 6.45) is 0. The molecule has 0 aromatic heterocycles. The molecule has 2 aliphatic heterocycles. The summed E-state index contributed by atoms with van der Waals surface area (Å²) in [5.74, 6) is -1.19. The van der Waals surface area contributed by atoms with E-state index in [1.807, 2.05) is 51.1 Å². The Labute approximate surface area is 151 Å². The van der Waals surface area contributed by atoms with Gasteiger partial charge in [0.25, 0.3) is 0 Å². The number of fused-ring (bicyclic) bond motifs is 1. The van der Waals surface area contributed by atoms with Gasteiger partial charge in [0.05, 0.1) is 13.0 Å². The number of nitrogens with one attached hydrogen (secondary N) is 1. The van der Waals surface area contributed by atoms with Crippen LogP contribution in [0.3, 0.4) is 0 Å². The molecule has 2 aliphatic rings. The number of hydrogen-bond acceptors (Lipinski definition) is 5. The lowest BCUT2D eigenvalue weighted by molar-refractivity contribution is -0.162. The number of β-lactam (4-membered cyclic amide) rings is 1. The van der Waals surface area contributed by atoms with E-state index in [0.717, 1.165) is 5.56 Å². The summed E-state index contributed by atoms with van der Waals surface area (Å²) in [6.45, 7) is 5.64.